The molecule has 0 saturated heterocycles. The minimum Gasteiger partial charge on any atom is -0.478 e. The van der Waals surface area contributed by atoms with E-state index in [4.69, 9.17) is 0 Å². The third-order valence-electron chi connectivity index (χ3n) is 3.69. The Kier molecular flexibility index (Phi) is 5.29. The van der Waals surface area contributed by atoms with E-state index in [9.17, 15) is 23.1 Å². The quantitative estimate of drug-likeness (QED) is 0.890. The van der Waals surface area contributed by atoms with Crippen molar-refractivity contribution in [2.45, 2.75) is 12.6 Å². The molecule has 0 heterocycles. The lowest BCUT2D eigenvalue weighted by Crippen LogP contribution is -2.15. The van der Waals surface area contributed by atoms with Gasteiger partial charge in [-0.15, -0.1) is 0 Å². The summed E-state index contributed by atoms with van der Waals surface area (Å²) in [6.45, 7) is 0.791. The van der Waals surface area contributed by atoms with Crippen molar-refractivity contribution in [3.8, 4) is 11.1 Å². The Labute approximate surface area is 138 Å². The smallest absolute Gasteiger partial charge is 0.416 e. The van der Waals surface area contributed by atoms with Crippen molar-refractivity contribution in [2.24, 2.45) is 0 Å². The molecular weight excluding hydrogens is 319 g/mol. The molecule has 2 aromatic carbocycles. The largest absolute Gasteiger partial charge is 0.478 e. The highest BCUT2D eigenvalue weighted by molar-refractivity contribution is 5.96. The molecule has 0 unspecified atom stereocenters. The molecular formula is C18H18F3NO2. The molecule has 0 atom stereocenters. The maximum absolute atomic E-state index is 12.7. The number of rotatable bonds is 5. The van der Waals surface area contributed by atoms with E-state index in [1.54, 1.807) is 12.1 Å². The minimum atomic E-state index is -4.41. The Bertz CT molecular complexity index is 722. The van der Waals surface area contributed by atoms with Crippen LogP contribution >= 0.6 is 0 Å². The van der Waals surface area contributed by atoms with Crippen molar-refractivity contribution < 1.29 is 23.1 Å². The van der Waals surface area contributed by atoms with Gasteiger partial charge in [-0.05, 0) is 55.4 Å². The molecule has 0 aliphatic carbocycles. The second kappa shape index (κ2) is 7.05. The van der Waals surface area contributed by atoms with Crippen LogP contribution < -0.4 is 0 Å². The first-order valence-electron chi connectivity index (χ1n) is 7.37. The van der Waals surface area contributed by atoms with Crippen molar-refractivity contribution in [1.29, 1.82) is 0 Å². The van der Waals surface area contributed by atoms with Gasteiger partial charge < -0.3 is 10.0 Å². The Morgan fingerprint density at radius 3 is 2.21 bits per heavy atom. The lowest BCUT2D eigenvalue weighted by Gasteiger charge is -2.13. The van der Waals surface area contributed by atoms with Crippen molar-refractivity contribution in [2.75, 3.05) is 20.6 Å². The average Bonchev–Trinajstić information content (AvgIpc) is 2.51. The molecule has 0 spiro atoms. The molecule has 0 aliphatic heterocycles. The fourth-order valence-corrected chi connectivity index (χ4v) is 2.36. The fourth-order valence-electron chi connectivity index (χ4n) is 2.36. The van der Waals surface area contributed by atoms with Gasteiger partial charge in [0.2, 0.25) is 0 Å². The van der Waals surface area contributed by atoms with Crippen LogP contribution in [0.2, 0.25) is 0 Å². The highest BCUT2D eigenvalue weighted by Crippen LogP contribution is 2.32. The van der Waals surface area contributed by atoms with E-state index in [0.717, 1.165) is 30.7 Å². The average molecular weight is 337 g/mol. The summed E-state index contributed by atoms with van der Waals surface area (Å²) in [4.78, 5) is 13.4. The summed E-state index contributed by atoms with van der Waals surface area (Å²) in [6, 6.07) is 9.51. The molecule has 2 aromatic rings. The van der Waals surface area contributed by atoms with Crippen molar-refractivity contribution in [3.05, 3.63) is 59.2 Å². The third kappa shape index (κ3) is 4.35. The molecule has 0 radical (unpaired) electrons. The zero-order chi connectivity index (χ0) is 17.9. The number of alkyl halides is 3. The van der Waals surface area contributed by atoms with Gasteiger partial charge in [-0.25, -0.2) is 4.79 Å². The normalized spacial score (nSPS) is 11.8. The van der Waals surface area contributed by atoms with Crippen molar-refractivity contribution in [3.63, 3.8) is 0 Å². The molecule has 0 bridgehead atoms. The molecule has 6 heteroatoms. The van der Waals surface area contributed by atoms with Gasteiger partial charge in [0, 0.05) is 6.54 Å². The van der Waals surface area contributed by atoms with Crippen LogP contribution in [0.5, 0.6) is 0 Å². The first kappa shape index (κ1) is 18.0. The van der Waals surface area contributed by atoms with E-state index >= 15 is 0 Å². The molecule has 24 heavy (non-hydrogen) atoms. The summed E-state index contributed by atoms with van der Waals surface area (Å²) >= 11 is 0. The van der Waals surface area contributed by atoms with Crippen LogP contribution in [0.15, 0.2) is 42.5 Å². The van der Waals surface area contributed by atoms with Gasteiger partial charge >= 0.3 is 12.1 Å². The van der Waals surface area contributed by atoms with E-state index in [1.807, 2.05) is 19.0 Å². The fraction of sp³-hybridized carbons (Fsp3) is 0.278. The number of carbonyl (C=O) groups is 1. The summed E-state index contributed by atoms with van der Waals surface area (Å²) in [7, 11) is 3.87. The van der Waals surface area contributed by atoms with Crippen LogP contribution in [0.25, 0.3) is 11.1 Å². The molecule has 0 fully saturated rings. The molecule has 0 amide bonds. The second-order valence-electron chi connectivity index (χ2n) is 5.81. The molecule has 128 valence electrons. The van der Waals surface area contributed by atoms with Gasteiger partial charge in [0.25, 0.3) is 0 Å². The predicted octanol–water partition coefficient (Wildman–Crippen LogP) is 4.17. The zero-order valence-corrected chi connectivity index (χ0v) is 13.4. The molecule has 0 saturated carbocycles. The number of aromatic carboxylic acids is 1. The molecule has 1 N–H and O–H groups in total. The standard InChI is InChI=1S/C18H18F3NO2/c1-22(2)10-9-12-3-8-15(17(23)24)16(11-12)13-4-6-14(7-5-13)18(19,20)21/h3-8,11H,9-10H2,1-2H3,(H,23,24). The van der Waals surface area contributed by atoms with Gasteiger partial charge in [-0.3, -0.25) is 0 Å². The van der Waals surface area contributed by atoms with Crippen molar-refractivity contribution in [1.82, 2.24) is 4.90 Å². The third-order valence-corrected chi connectivity index (χ3v) is 3.69. The SMILES string of the molecule is CN(C)CCc1ccc(C(=O)O)c(-c2ccc(C(F)(F)F)cc2)c1. The lowest BCUT2D eigenvalue weighted by atomic mass is 9.95. The first-order valence-corrected chi connectivity index (χ1v) is 7.37. The van der Waals surface area contributed by atoms with Gasteiger partial charge in [-0.2, -0.15) is 13.2 Å². The van der Waals surface area contributed by atoms with Gasteiger partial charge in [0.15, 0.2) is 0 Å². The van der Waals surface area contributed by atoms with Crippen molar-refractivity contribution >= 4 is 5.97 Å². The zero-order valence-electron chi connectivity index (χ0n) is 13.4. The monoisotopic (exact) mass is 337 g/mol. The topological polar surface area (TPSA) is 40.5 Å². The molecule has 2 rings (SSSR count). The van der Waals surface area contributed by atoms with Gasteiger partial charge in [-0.1, -0.05) is 24.3 Å². The molecule has 0 aromatic heterocycles. The van der Waals surface area contributed by atoms with Gasteiger partial charge in [0.05, 0.1) is 11.1 Å². The Morgan fingerprint density at radius 2 is 1.71 bits per heavy atom. The van der Waals surface area contributed by atoms with E-state index in [-0.39, 0.29) is 5.56 Å². The second-order valence-corrected chi connectivity index (χ2v) is 5.81. The van der Waals surface area contributed by atoms with Crippen LogP contribution in [0.4, 0.5) is 13.2 Å². The van der Waals surface area contributed by atoms with Crippen LogP contribution in [-0.4, -0.2) is 36.6 Å². The molecule has 3 nitrogen and oxygen atoms in total. The van der Waals surface area contributed by atoms with E-state index < -0.39 is 17.7 Å². The van der Waals surface area contributed by atoms with E-state index in [2.05, 4.69) is 0 Å². The Morgan fingerprint density at radius 1 is 1.08 bits per heavy atom. The predicted molar refractivity (Wildman–Crippen MR) is 86.1 cm³/mol. The first-order chi connectivity index (χ1) is 11.2. The number of nitrogens with zero attached hydrogens (tertiary/aromatic N) is 1. The summed E-state index contributed by atoms with van der Waals surface area (Å²) in [5.74, 6) is -1.11. The van der Waals surface area contributed by atoms with Crippen LogP contribution in [0, 0.1) is 0 Å². The maximum Gasteiger partial charge on any atom is 0.416 e. The maximum atomic E-state index is 12.7. The lowest BCUT2D eigenvalue weighted by molar-refractivity contribution is -0.137. The van der Waals surface area contributed by atoms with E-state index in [0.29, 0.717) is 11.1 Å². The molecule has 0 aliphatic rings. The number of halogens is 3. The van der Waals surface area contributed by atoms with E-state index in [1.165, 1.54) is 18.2 Å². The van der Waals surface area contributed by atoms with Gasteiger partial charge in [0.1, 0.15) is 0 Å². The summed E-state index contributed by atoms with van der Waals surface area (Å²) in [6.07, 6.45) is -3.69. The Hall–Kier alpha value is -2.34. The summed E-state index contributed by atoms with van der Waals surface area (Å²) in [5, 5.41) is 9.33. The van der Waals surface area contributed by atoms with Crippen LogP contribution in [0.1, 0.15) is 21.5 Å². The van der Waals surface area contributed by atoms with Crippen LogP contribution in [0.3, 0.4) is 0 Å². The number of likely N-dealkylation sites (N-methyl/N-ethyl adjacent to an activating group) is 1. The number of carboxylic acid groups (broad SMARTS) is 1. The number of hydrogen-bond acceptors (Lipinski definition) is 2. The highest BCUT2D eigenvalue weighted by Gasteiger charge is 2.30. The number of benzene rings is 2. The summed E-state index contributed by atoms with van der Waals surface area (Å²) < 4.78 is 38.0. The number of carboxylic acids is 1. The highest BCUT2D eigenvalue weighted by atomic mass is 19.4. The van der Waals surface area contributed by atoms with Crippen LogP contribution in [-0.2, 0) is 12.6 Å². The number of hydrogen-bond donors (Lipinski definition) is 1. The summed E-state index contributed by atoms with van der Waals surface area (Å²) in [5.41, 5.74) is 1.12. The Balaban J connectivity index is 2.42. The minimum absolute atomic E-state index is 0.0726.